The molecule has 0 saturated heterocycles. The van der Waals surface area contributed by atoms with Crippen LogP contribution in [0.15, 0.2) is 17.5 Å². The average Bonchev–Trinajstić information content (AvgIpc) is 2.82. The van der Waals surface area contributed by atoms with Crippen LogP contribution in [0.5, 0.6) is 0 Å². The second kappa shape index (κ2) is 7.09. The summed E-state index contributed by atoms with van der Waals surface area (Å²) in [7, 11) is 1.79. The average molecular weight is 281 g/mol. The summed E-state index contributed by atoms with van der Waals surface area (Å²) in [6.07, 6.45) is 3.51. The maximum atomic E-state index is 11.9. The van der Waals surface area contributed by atoms with E-state index in [1.807, 2.05) is 25.3 Å². The van der Waals surface area contributed by atoms with Crippen LogP contribution >= 0.6 is 11.3 Å². The molecule has 0 aliphatic rings. The fraction of sp³-hybridized carbons (Fsp3) is 0.429. The van der Waals surface area contributed by atoms with Crippen LogP contribution in [0, 0.1) is 5.92 Å². The van der Waals surface area contributed by atoms with Crippen LogP contribution in [0.2, 0.25) is 0 Å². The molecule has 0 aromatic carbocycles. The lowest BCUT2D eigenvalue weighted by Gasteiger charge is -2.20. The van der Waals surface area contributed by atoms with E-state index in [4.69, 9.17) is 5.11 Å². The van der Waals surface area contributed by atoms with E-state index in [1.54, 1.807) is 18.0 Å². The number of nitrogens with zero attached hydrogens (tertiary/aromatic N) is 1. The van der Waals surface area contributed by atoms with Crippen LogP contribution in [0.1, 0.15) is 30.7 Å². The quantitative estimate of drug-likeness (QED) is 0.816. The number of hydrogen-bond donors (Lipinski definition) is 1. The molecule has 0 saturated carbocycles. The third-order valence-electron chi connectivity index (χ3n) is 2.89. The second-order valence-electron chi connectivity index (χ2n) is 4.53. The summed E-state index contributed by atoms with van der Waals surface area (Å²) in [6, 6.07) is 1.91. The number of carbonyl (C=O) groups excluding carboxylic acids is 1. The van der Waals surface area contributed by atoms with Gasteiger partial charge in [-0.25, -0.2) is 4.79 Å². The lowest BCUT2D eigenvalue weighted by atomic mass is 10.1. The number of carbonyl (C=O) groups is 2. The van der Waals surface area contributed by atoms with Crippen LogP contribution in [0.4, 0.5) is 0 Å². The number of aliphatic carboxylic acids is 1. The van der Waals surface area contributed by atoms with Gasteiger partial charge in [0.15, 0.2) is 0 Å². The van der Waals surface area contributed by atoms with Gasteiger partial charge in [-0.05, 0) is 29.5 Å². The Morgan fingerprint density at radius 1 is 1.53 bits per heavy atom. The Morgan fingerprint density at radius 2 is 2.21 bits per heavy atom. The molecular formula is C14H19NO3S. The van der Waals surface area contributed by atoms with Crippen LogP contribution < -0.4 is 0 Å². The van der Waals surface area contributed by atoms with Gasteiger partial charge in [-0.15, -0.1) is 11.3 Å². The van der Waals surface area contributed by atoms with E-state index in [2.05, 4.69) is 0 Å². The molecule has 19 heavy (non-hydrogen) atoms. The maximum absolute atomic E-state index is 11.9. The fourth-order valence-corrected chi connectivity index (χ4v) is 2.42. The molecule has 1 atom stereocenters. The zero-order chi connectivity index (χ0) is 14.4. The van der Waals surface area contributed by atoms with Gasteiger partial charge in [0.05, 0.1) is 0 Å². The summed E-state index contributed by atoms with van der Waals surface area (Å²) in [5.74, 6) is -0.787. The monoisotopic (exact) mass is 281 g/mol. The van der Waals surface area contributed by atoms with Crippen molar-refractivity contribution in [2.75, 3.05) is 7.05 Å². The molecule has 1 rings (SSSR count). The SMILES string of the molecule is CCC(C)C(=O)N(C)Cc1csc(/C=C/C(=O)O)c1. The van der Waals surface area contributed by atoms with Gasteiger partial charge in [0.2, 0.25) is 5.91 Å². The van der Waals surface area contributed by atoms with Crippen molar-refractivity contribution in [1.82, 2.24) is 4.90 Å². The van der Waals surface area contributed by atoms with Gasteiger partial charge in [0.1, 0.15) is 0 Å². The molecule has 1 N–H and O–H groups in total. The Bertz CT molecular complexity index is 479. The van der Waals surface area contributed by atoms with Crippen LogP contribution in [-0.4, -0.2) is 28.9 Å². The summed E-state index contributed by atoms with van der Waals surface area (Å²) in [5, 5.41) is 10.5. The first-order valence-electron chi connectivity index (χ1n) is 6.17. The van der Waals surface area contributed by atoms with Gasteiger partial charge >= 0.3 is 5.97 Å². The lowest BCUT2D eigenvalue weighted by Crippen LogP contribution is -2.30. The largest absolute Gasteiger partial charge is 0.478 e. The van der Waals surface area contributed by atoms with Crippen molar-refractivity contribution >= 4 is 29.3 Å². The molecule has 0 spiro atoms. The molecular weight excluding hydrogens is 262 g/mol. The molecule has 0 fully saturated rings. The number of hydrogen-bond acceptors (Lipinski definition) is 3. The molecule has 0 aliphatic carbocycles. The smallest absolute Gasteiger partial charge is 0.328 e. The third kappa shape index (κ3) is 4.87. The molecule has 4 nitrogen and oxygen atoms in total. The minimum atomic E-state index is -0.959. The van der Waals surface area contributed by atoms with Crippen molar-refractivity contribution < 1.29 is 14.7 Å². The van der Waals surface area contributed by atoms with Crippen molar-refractivity contribution in [2.24, 2.45) is 5.92 Å². The summed E-state index contributed by atoms with van der Waals surface area (Å²) in [4.78, 5) is 24.9. The second-order valence-corrected chi connectivity index (χ2v) is 5.48. The summed E-state index contributed by atoms with van der Waals surface area (Å²) < 4.78 is 0. The topological polar surface area (TPSA) is 57.6 Å². The van der Waals surface area contributed by atoms with Crippen LogP contribution in [0.25, 0.3) is 6.08 Å². The summed E-state index contributed by atoms with van der Waals surface area (Å²) >= 11 is 1.47. The minimum Gasteiger partial charge on any atom is -0.478 e. The molecule has 1 aromatic heterocycles. The molecule has 1 amide bonds. The molecule has 1 heterocycles. The van der Waals surface area contributed by atoms with Gasteiger partial charge in [-0.2, -0.15) is 0 Å². The third-order valence-corrected chi connectivity index (χ3v) is 3.84. The first kappa shape index (κ1) is 15.4. The Hall–Kier alpha value is -1.62. The first-order chi connectivity index (χ1) is 8.93. The van der Waals surface area contributed by atoms with Gasteiger partial charge in [-0.1, -0.05) is 13.8 Å². The molecule has 0 radical (unpaired) electrons. The van der Waals surface area contributed by atoms with Gasteiger partial charge in [0, 0.05) is 30.5 Å². The predicted molar refractivity (Wildman–Crippen MR) is 76.9 cm³/mol. The highest BCUT2D eigenvalue weighted by molar-refractivity contribution is 7.11. The summed E-state index contributed by atoms with van der Waals surface area (Å²) in [6.45, 7) is 4.48. The Labute approximate surface area is 117 Å². The molecule has 1 aromatic rings. The standard InChI is InChI=1S/C14H19NO3S/c1-4-10(2)14(18)15(3)8-11-7-12(19-9-11)5-6-13(16)17/h5-7,9-10H,4,8H2,1-3H3,(H,16,17)/b6-5+. The first-order valence-corrected chi connectivity index (χ1v) is 7.05. The van der Waals surface area contributed by atoms with E-state index in [1.165, 1.54) is 11.3 Å². The zero-order valence-electron chi connectivity index (χ0n) is 11.4. The molecule has 1 unspecified atom stereocenters. The van der Waals surface area contributed by atoms with E-state index in [0.29, 0.717) is 6.54 Å². The van der Waals surface area contributed by atoms with Crippen molar-refractivity contribution in [3.05, 3.63) is 28.0 Å². The van der Waals surface area contributed by atoms with Crippen LogP contribution in [0.3, 0.4) is 0 Å². The number of carboxylic acid groups (broad SMARTS) is 1. The van der Waals surface area contributed by atoms with Gasteiger partial charge < -0.3 is 10.0 Å². The molecule has 5 heteroatoms. The Morgan fingerprint density at radius 3 is 2.79 bits per heavy atom. The van der Waals surface area contributed by atoms with E-state index < -0.39 is 5.97 Å². The highest BCUT2D eigenvalue weighted by Gasteiger charge is 2.15. The summed E-state index contributed by atoms with van der Waals surface area (Å²) in [5.41, 5.74) is 1.02. The minimum absolute atomic E-state index is 0.0370. The van der Waals surface area contributed by atoms with Crippen molar-refractivity contribution in [3.8, 4) is 0 Å². The zero-order valence-corrected chi connectivity index (χ0v) is 12.2. The maximum Gasteiger partial charge on any atom is 0.328 e. The lowest BCUT2D eigenvalue weighted by molar-refractivity contribution is -0.134. The Kier molecular flexibility index (Phi) is 5.76. The van der Waals surface area contributed by atoms with E-state index in [9.17, 15) is 9.59 Å². The van der Waals surface area contributed by atoms with E-state index >= 15 is 0 Å². The number of carboxylic acids is 1. The predicted octanol–water partition coefficient (Wildman–Crippen LogP) is 2.85. The number of rotatable bonds is 6. The van der Waals surface area contributed by atoms with Gasteiger partial charge in [0.25, 0.3) is 0 Å². The Balaban J connectivity index is 2.63. The highest BCUT2D eigenvalue weighted by Crippen LogP contribution is 2.18. The number of thiophene rings is 1. The van der Waals surface area contributed by atoms with Gasteiger partial charge in [-0.3, -0.25) is 4.79 Å². The molecule has 0 bridgehead atoms. The highest BCUT2D eigenvalue weighted by atomic mass is 32.1. The van der Waals surface area contributed by atoms with Crippen molar-refractivity contribution in [1.29, 1.82) is 0 Å². The van der Waals surface area contributed by atoms with Crippen molar-refractivity contribution in [2.45, 2.75) is 26.8 Å². The fourth-order valence-electron chi connectivity index (χ4n) is 1.62. The van der Waals surface area contributed by atoms with Crippen LogP contribution in [-0.2, 0) is 16.1 Å². The van der Waals surface area contributed by atoms with E-state index in [0.717, 1.165) is 22.9 Å². The van der Waals surface area contributed by atoms with E-state index in [-0.39, 0.29) is 11.8 Å². The van der Waals surface area contributed by atoms with Crippen molar-refractivity contribution in [3.63, 3.8) is 0 Å². The number of amides is 1. The normalized spacial score (nSPS) is 12.6. The molecule has 104 valence electrons. The molecule has 0 aliphatic heterocycles.